The van der Waals surface area contributed by atoms with Crippen LogP contribution in [0, 0.1) is 0 Å². The first-order chi connectivity index (χ1) is 11.1. The fraction of sp³-hybridized carbons (Fsp3) is 0.529. The second kappa shape index (κ2) is 7.45. The number of pyridine rings is 1. The molecule has 0 aliphatic heterocycles. The molecule has 23 heavy (non-hydrogen) atoms. The molecule has 122 valence electrons. The van der Waals surface area contributed by atoms with Crippen LogP contribution in [0.2, 0.25) is 0 Å². The average Bonchev–Trinajstić information content (AvgIpc) is 3.03. The standard InChI is InChI=1S/C17H23BN2O2S/c18-11-10-14(19-13-8-9-23-16(11)13)17(22)20-12-6-4-2-1-3-5-7-15(12)21/h8-10,12,15,21H,1-7,18H2,(H,20,22). The lowest BCUT2D eigenvalue weighted by Gasteiger charge is -2.23. The zero-order valence-corrected chi connectivity index (χ0v) is 14.4. The topological polar surface area (TPSA) is 62.2 Å². The highest BCUT2D eigenvalue weighted by Gasteiger charge is 2.23. The van der Waals surface area contributed by atoms with Crippen molar-refractivity contribution in [3.05, 3.63) is 23.2 Å². The molecular formula is C17H23BN2O2S. The van der Waals surface area contributed by atoms with E-state index in [0.29, 0.717) is 5.69 Å². The summed E-state index contributed by atoms with van der Waals surface area (Å²) in [7, 11) is 2.01. The van der Waals surface area contributed by atoms with Crippen molar-refractivity contribution in [3.63, 3.8) is 0 Å². The molecule has 6 heteroatoms. The van der Waals surface area contributed by atoms with Gasteiger partial charge in [0.25, 0.3) is 5.91 Å². The second-order valence-electron chi connectivity index (χ2n) is 6.45. The Bertz CT molecular complexity index is 688. The minimum atomic E-state index is -0.456. The predicted molar refractivity (Wildman–Crippen MR) is 97.4 cm³/mol. The number of thiophene rings is 1. The Morgan fingerprint density at radius 1 is 1.26 bits per heavy atom. The van der Waals surface area contributed by atoms with Crippen molar-refractivity contribution < 1.29 is 9.90 Å². The summed E-state index contributed by atoms with van der Waals surface area (Å²) in [6.45, 7) is 0. The van der Waals surface area contributed by atoms with E-state index in [1.54, 1.807) is 11.3 Å². The Hall–Kier alpha value is -1.40. The Labute approximate surface area is 141 Å². The molecule has 0 saturated heterocycles. The fourth-order valence-electron chi connectivity index (χ4n) is 3.29. The number of amides is 1. The van der Waals surface area contributed by atoms with Gasteiger partial charge in [-0.2, -0.15) is 0 Å². The maximum absolute atomic E-state index is 12.6. The van der Waals surface area contributed by atoms with Crippen LogP contribution in [-0.2, 0) is 0 Å². The van der Waals surface area contributed by atoms with Crippen LogP contribution < -0.4 is 10.8 Å². The zero-order valence-electron chi connectivity index (χ0n) is 13.5. The molecule has 1 aliphatic carbocycles. The summed E-state index contributed by atoms with van der Waals surface area (Å²) in [5, 5.41) is 15.4. The number of aliphatic hydroxyl groups excluding tert-OH is 1. The van der Waals surface area contributed by atoms with Crippen LogP contribution in [0.25, 0.3) is 10.2 Å². The van der Waals surface area contributed by atoms with Crippen molar-refractivity contribution in [3.8, 4) is 0 Å². The maximum atomic E-state index is 12.6. The van der Waals surface area contributed by atoms with Gasteiger partial charge in [-0.1, -0.05) is 37.6 Å². The van der Waals surface area contributed by atoms with Crippen LogP contribution in [0.3, 0.4) is 0 Å². The monoisotopic (exact) mass is 330 g/mol. The average molecular weight is 330 g/mol. The molecule has 1 fully saturated rings. The van der Waals surface area contributed by atoms with Gasteiger partial charge in [0.1, 0.15) is 13.5 Å². The Balaban J connectivity index is 1.75. The molecule has 2 N–H and O–H groups in total. The Kier molecular flexibility index (Phi) is 5.33. The van der Waals surface area contributed by atoms with Crippen molar-refractivity contribution in [1.82, 2.24) is 10.3 Å². The van der Waals surface area contributed by atoms with Gasteiger partial charge in [0.05, 0.1) is 17.7 Å². The summed E-state index contributed by atoms with van der Waals surface area (Å²) in [6.07, 6.45) is 6.81. The zero-order chi connectivity index (χ0) is 16.2. The van der Waals surface area contributed by atoms with Gasteiger partial charge >= 0.3 is 0 Å². The first kappa shape index (κ1) is 16.5. The van der Waals surface area contributed by atoms with Gasteiger partial charge in [-0.25, -0.2) is 4.98 Å². The minimum Gasteiger partial charge on any atom is -0.391 e. The van der Waals surface area contributed by atoms with E-state index in [1.807, 2.05) is 25.4 Å². The summed E-state index contributed by atoms with van der Waals surface area (Å²) in [5.41, 5.74) is 2.39. The van der Waals surface area contributed by atoms with E-state index in [4.69, 9.17) is 0 Å². The number of rotatable bonds is 2. The molecule has 2 aromatic rings. The summed E-state index contributed by atoms with van der Waals surface area (Å²) >= 11 is 1.64. The lowest BCUT2D eigenvalue weighted by Crippen LogP contribution is -2.43. The van der Waals surface area contributed by atoms with Crippen LogP contribution in [0.4, 0.5) is 0 Å². The van der Waals surface area contributed by atoms with Gasteiger partial charge in [0.15, 0.2) is 0 Å². The molecule has 1 amide bonds. The van der Waals surface area contributed by atoms with Crippen LogP contribution in [-0.4, -0.2) is 36.0 Å². The lowest BCUT2D eigenvalue weighted by molar-refractivity contribution is 0.0794. The molecule has 2 aromatic heterocycles. The number of carbonyl (C=O) groups excluding carboxylic acids is 1. The molecule has 2 unspecified atom stereocenters. The molecule has 1 saturated carbocycles. The molecule has 1 aliphatic rings. The van der Waals surface area contributed by atoms with Crippen molar-refractivity contribution >= 4 is 40.8 Å². The molecule has 2 heterocycles. The third kappa shape index (κ3) is 3.93. The van der Waals surface area contributed by atoms with Crippen LogP contribution in [0.1, 0.15) is 55.4 Å². The SMILES string of the molecule is Bc1cc(C(=O)NC2CCCCCCCC2O)nc2ccsc12. The molecular weight excluding hydrogens is 307 g/mol. The summed E-state index contributed by atoms with van der Waals surface area (Å²) in [5.74, 6) is -0.176. The van der Waals surface area contributed by atoms with Gasteiger partial charge in [0, 0.05) is 4.70 Å². The number of aliphatic hydroxyl groups is 1. The van der Waals surface area contributed by atoms with E-state index in [9.17, 15) is 9.90 Å². The van der Waals surface area contributed by atoms with Crippen molar-refractivity contribution in [1.29, 1.82) is 0 Å². The quantitative estimate of drug-likeness (QED) is 0.825. The molecule has 0 aromatic carbocycles. The molecule has 0 radical (unpaired) electrons. The van der Waals surface area contributed by atoms with Crippen molar-refractivity contribution in [2.24, 2.45) is 0 Å². The summed E-state index contributed by atoms with van der Waals surface area (Å²) in [6, 6.07) is 3.62. The number of hydrogen-bond acceptors (Lipinski definition) is 4. The predicted octanol–water partition coefficient (Wildman–Crippen LogP) is 1.76. The highest BCUT2D eigenvalue weighted by molar-refractivity contribution is 7.18. The van der Waals surface area contributed by atoms with Crippen LogP contribution >= 0.6 is 11.3 Å². The van der Waals surface area contributed by atoms with E-state index in [2.05, 4.69) is 10.3 Å². The second-order valence-corrected chi connectivity index (χ2v) is 7.37. The number of aromatic nitrogens is 1. The smallest absolute Gasteiger partial charge is 0.270 e. The molecule has 0 bridgehead atoms. The molecule has 4 nitrogen and oxygen atoms in total. The third-order valence-electron chi connectivity index (χ3n) is 4.63. The molecule has 2 atom stereocenters. The van der Waals surface area contributed by atoms with E-state index in [-0.39, 0.29) is 11.9 Å². The third-order valence-corrected chi connectivity index (χ3v) is 5.66. The number of nitrogens with zero attached hydrogens (tertiary/aromatic N) is 1. The van der Waals surface area contributed by atoms with Crippen LogP contribution in [0.5, 0.6) is 0 Å². The van der Waals surface area contributed by atoms with Gasteiger partial charge in [-0.05, 0) is 30.4 Å². The number of carbonyl (C=O) groups is 1. The first-order valence-electron chi connectivity index (χ1n) is 8.49. The normalized spacial score (nSPS) is 23.0. The minimum absolute atomic E-state index is 0.166. The van der Waals surface area contributed by atoms with E-state index >= 15 is 0 Å². The maximum Gasteiger partial charge on any atom is 0.270 e. The van der Waals surface area contributed by atoms with Gasteiger partial charge in [-0.15, -0.1) is 11.3 Å². The van der Waals surface area contributed by atoms with Crippen LogP contribution in [0.15, 0.2) is 17.5 Å². The lowest BCUT2D eigenvalue weighted by atomic mass is 9.95. The highest BCUT2D eigenvalue weighted by atomic mass is 32.1. The highest BCUT2D eigenvalue weighted by Crippen LogP contribution is 2.19. The van der Waals surface area contributed by atoms with Gasteiger partial charge in [0.2, 0.25) is 0 Å². The van der Waals surface area contributed by atoms with Crippen molar-refractivity contribution in [2.75, 3.05) is 0 Å². The number of hydrogen-bond donors (Lipinski definition) is 2. The molecule has 0 spiro atoms. The summed E-state index contributed by atoms with van der Waals surface area (Å²) in [4.78, 5) is 17.0. The number of fused-ring (bicyclic) bond motifs is 1. The van der Waals surface area contributed by atoms with E-state index in [1.165, 1.54) is 19.3 Å². The van der Waals surface area contributed by atoms with Crippen molar-refractivity contribution in [2.45, 2.75) is 57.1 Å². The Morgan fingerprint density at radius 2 is 2.00 bits per heavy atom. The molecule has 3 rings (SSSR count). The fourth-order valence-corrected chi connectivity index (χ4v) is 4.10. The van der Waals surface area contributed by atoms with Gasteiger partial charge < -0.3 is 10.4 Å². The number of nitrogens with one attached hydrogen (secondary N) is 1. The van der Waals surface area contributed by atoms with Gasteiger partial charge in [-0.3, -0.25) is 4.79 Å². The largest absolute Gasteiger partial charge is 0.391 e. The van der Waals surface area contributed by atoms with E-state index in [0.717, 1.165) is 41.4 Å². The Morgan fingerprint density at radius 3 is 2.83 bits per heavy atom. The van der Waals surface area contributed by atoms with E-state index < -0.39 is 6.10 Å². The first-order valence-corrected chi connectivity index (χ1v) is 9.37. The summed E-state index contributed by atoms with van der Waals surface area (Å²) < 4.78 is 1.13.